The van der Waals surface area contributed by atoms with Crippen LogP contribution in [-0.4, -0.2) is 96.7 Å². The molecule has 0 heterocycles. The molecular formula is C57H106O17P2. The molecule has 2 unspecified atom stereocenters. The second-order valence-corrected chi connectivity index (χ2v) is 23.4. The highest BCUT2D eigenvalue weighted by Crippen LogP contribution is 2.45. The van der Waals surface area contributed by atoms with Crippen LogP contribution in [0.5, 0.6) is 0 Å². The first-order chi connectivity index (χ1) is 36.5. The van der Waals surface area contributed by atoms with E-state index >= 15 is 0 Å². The summed E-state index contributed by atoms with van der Waals surface area (Å²) in [4.78, 5) is 71.4. The number of aliphatic hydroxyl groups is 1. The number of carbonyl (C=O) groups is 4. The summed E-state index contributed by atoms with van der Waals surface area (Å²) in [6.07, 6.45) is 35.0. The number of carbonyl (C=O) groups excluding carboxylic acids is 4. The first-order valence-corrected chi connectivity index (χ1v) is 32.4. The molecule has 0 fully saturated rings. The molecule has 0 aliphatic heterocycles. The number of hydrogen-bond acceptors (Lipinski definition) is 15. The van der Waals surface area contributed by atoms with Gasteiger partial charge in [-0.2, -0.15) is 0 Å². The first-order valence-electron chi connectivity index (χ1n) is 29.5. The Morgan fingerprint density at radius 3 is 1.08 bits per heavy atom. The van der Waals surface area contributed by atoms with E-state index in [0.717, 1.165) is 128 Å². The average molecular weight is 1130 g/mol. The SMILES string of the molecule is CCCCCC/C=C\C=C/CCCCCCCC(=O)O[C@H](COC(=O)CCCCCCCCC(C)C)COP(=O)(O)OC[C@@H](O)COP(=O)(O)OC[C@@H](COC(=O)CCCCCCC)OC(=O)CCCCCCCCC. The van der Waals surface area contributed by atoms with Gasteiger partial charge in [0.15, 0.2) is 12.2 Å². The molecule has 17 nitrogen and oxygen atoms in total. The van der Waals surface area contributed by atoms with Gasteiger partial charge in [-0.05, 0) is 57.3 Å². The summed E-state index contributed by atoms with van der Waals surface area (Å²) in [7, 11) is -9.87. The molecule has 0 bridgehead atoms. The summed E-state index contributed by atoms with van der Waals surface area (Å²) < 4.78 is 67.3. The molecule has 0 radical (unpaired) electrons. The molecular weight excluding hydrogens is 1020 g/mol. The van der Waals surface area contributed by atoms with Gasteiger partial charge in [0.25, 0.3) is 0 Å². The second-order valence-electron chi connectivity index (χ2n) is 20.5. The molecule has 5 atom stereocenters. The molecule has 0 amide bonds. The van der Waals surface area contributed by atoms with E-state index in [2.05, 4.69) is 58.9 Å². The fourth-order valence-corrected chi connectivity index (χ4v) is 9.38. The molecule has 0 aromatic rings. The van der Waals surface area contributed by atoms with Gasteiger partial charge in [0, 0.05) is 25.7 Å². The fourth-order valence-electron chi connectivity index (χ4n) is 7.80. The predicted octanol–water partition coefficient (Wildman–Crippen LogP) is 14.6. The van der Waals surface area contributed by atoms with Crippen molar-refractivity contribution in [1.29, 1.82) is 0 Å². The molecule has 3 N–H and O–H groups in total. The normalized spacial score (nSPS) is 14.6. The van der Waals surface area contributed by atoms with Crippen LogP contribution in [0.25, 0.3) is 0 Å². The average Bonchev–Trinajstić information content (AvgIpc) is 3.38. The minimum Gasteiger partial charge on any atom is -0.462 e. The van der Waals surface area contributed by atoms with E-state index in [-0.39, 0.29) is 25.7 Å². The van der Waals surface area contributed by atoms with Crippen LogP contribution < -0.4 is 0 Å². The van der Waals surface area contributed by atoms with Crippen molar-refractivity contribution in [1.82, 2.24) is 0 Å². The molecule has 0 rings (SSSR count). The number of aliphatic hydroxyl groups excluding tert-OH is 1. The molecule has 0 spiro atoms. The highest BCUT2D eigenvalue weighted by atomic mass is 31.2. The third kappa shape index (κ3) is 51.0. The van der Waals surface area contributed by atoms with E-state index < -0.39 is 97.5 Å². The minimum absolute atomic E-state index is 0.0836. The molecule has 0 saturated heterocycles. The lowest BCUT2D eigenvalue weighted by molar-refractivity contribution is -0.161. The van der Waals surface area contributed by atoms with E-state index in [1.165, 1.54) is 38.5 Å². The monoisotopic (exact) mass is 1120 g/mol. The van der Waals surface area contributed by atoms with Gasteiger partial charge in [-0.3, -0.25) is 37.3 Å². The largest absolute Gasteiger partial charge is 0.472 e. The van der Waals surface area contributed by atoms with Crippen molar-refractivity contribution >= 4 is 39.5 Å². The van der Waals surface area contributed by atoms with E-state index in [1.807, 2.05) is 0 Å². The van der Waals surface area contributed by atoms with Gasteiger partial charge in [0.05, 0.1) is 26.4 Å². The lowest BCUT2D eigenvalue weighted by Crippen LogP contribution is -2.30. The van der Waals surface area contributed by atoms with Gasteiger partial charge in [-0.25, -0.2) is 9.13 Å². The lowest BCUT2D eigenvalue weighted by Gasteiger charge is -2.21. The van der Waals surface area contributed by atoms with Gasteiger partial charge in [0.1, 0.15) is 19.3 Å². The number of esters is 4. The maximum atomic E-state index is 12.9. The molecule has 19 heteroatoms. The molecule has 0 aliphatic carbocycles. The standard InChI is InChI=1S/C57H106O17P2/c1-6-9-12-15-17-18-19-20-21-22-23-24-26-33-38-43-57(62)74-53(47-68-55(60)41-36-31-28-27-30-34-39-50(4)5)49-72-76(65,66)70-45-51(58)44-69-75(63,64)71-48-52(46-67-54(59)40-35-29-14-11-8-3)73-56(61)42-37-32-25-16-13-10-7-2/h18-21,50-53,58H,6-17,22-49H2,1-5H3,(H,63,64)(H,65,66)/b19-18-,21-20-/t51-,52+,53+/m0/s1. The van der Waals surface area contributed by atoms with Gasteiger partial charge in [-0.15, -0.1) is 0 Å². The zero-order valence-electron chi connectivity index (χ0n) is 47.9. The summed E-state index contributed by atoms with van der Waals surface area (Å²) in [6.45, 7) is 6.85. The van der Waals surface area contributed by atoms with E-state index in [0.29, 0.717) is 31.6 Å². The summed E-state index contributed by atoms with van der Waals surface area (Å²) in [6, 6.07) is 0. The Labute approximate surface area is 459 Å². The van der Waals surface area contributed by atoms with Gasteiger partial charge < -0.3 is 33.8 Å². The van der Waals surface area contributed by atoms with Crippen LogP contribution in [0.1, 0.15) is 253 Å². The number of phosphoric acid groups is 2. The zero-order valence-corrected chi connectivity index (χ0v) is 49.6. The van der Waals surface area contributed by atoms with Crippen molar-refractivity contribution in [3.63, 3.8) is 0 Å². The van der Waals surface area contributed by atoms with Crippen molar-refractivity contribution < 1.29 is 80.2 Å². The molecule has 0 aliphatic rings. The number of ether oxygens (including phenoxy) is 4. The van der Waals surface area contributed by atoms with Crippen molar-refractivity contribution in [2.24, 2.45) is 5.92 Å². The van der Waals surface area contributed by atoms with Crippen molar-refractivity contribution in [3.05, 3.63) is 24.3 Å². The van der Waals surface area contributed by atoms with Crippen molar-refractivity contribution in [3.8, 4) is 0 Å². The third-order valence-corrected chi connectivity index (χ3v) is 14.3. The quantitative estimate of drug-likeness (QED) is 0.0169. The van der Waals surface area contributed by atoms with Crippen LogP contribution in [0.4, 0.5) is 0 Å². The van der Waals surface area contributed by atoms with Crippen LogP contribution in [0, 0.1) is 5.92 Å². The summed E-state index contributed by atoms with van der Waals surface area (Å²) in [5, 5.41) is 10.4. The highest BCUT2D eigenvalue weighted by Gasteiger charge is 2.30. The number of allylic oxidation sites excluding steroid dienone is 4. The Balaban J connectivity index is 5.19. The molecule has 0 saturated carbocycles. The Morgan fingerprint density at radius 1 is 0.408 bits per heavy atom. The van der Waals surface area contributed by atoms with Crippen LogP contribution in [-0.2, 0) is 65.4 Å². The summed E-state index contributed by atoms with van der Waals surface area (Å²) in [5.74, 6) is -1.52. The molecule has 446 valence electrons. The first kappa shape index (κ1) is 73.5. The van der Waals surface area contributed by atoms with E-state index in [1.54, 1.807) is 0 Å². The van der Waals surface area contributed by atoms with Gasteiger partial charge in [0.2, 0.25) is 0 Å². The van der Waals surface area contributed by atoms with Crippen LogP contribution in [0.15, 0.2) is 24.3 Å². The Morgan fingerprint density at radius 2 is 0.711 bits per heavy atom. The Hall–Kier alpha value is -2.46. The van der Waals surface area contributed by atoms with E-state index in [9.17, 15) is 43.2 Å². The number of phosphoric ester groups is 2. The Kier molecular flexibility index (Phi) is 49.1. The summed E-state index contributed by atoms with van der Waals surface area (Å²) >= 11 is 0. The van der Waals surface area contributed by atoms with Crippen LogP contribution >= 0.6 is 15.6 Å². The maximum absolute atomic E-state index is 12.9. The molecule has 0 aromatic heterocycles. The predicted molar refractivity (Wildman–Crippen MR) is 298 cm³/mol. The van der Waals surface area contributed by atoms with Crippen LogP contribution in [0.2, 0.25) is 0 Å². The van der Waals surface area contributed by atoms with Gasteiger partial charge in [-0.1, -0.05) is 200 Å². The number of hydrogen-bond donors (Lipinski definition) is 3. The minimum atomic E-state index is -4.94. The maximum Gasteiger partial charge on any atom is 0.472 e. The number of rotatable bonds is 55. The fraction of sp³-hybridized carbons (Fsp3) is 0.860. The number of unbranched alkanes of at least 4 members (excludes halogenated alkanes) is 24. The van der Waals surface area contributed by atoms with Crippen LogP contribution in [0.3, 0.4) is 0 Å². The van der Waals surface area contributed by atoms with Crippen molar-refractivity contribution in [2.75, 3.05) is 39.6 Å². The van der Waals surface area contributed by atoms with E-state index in [4.69, 9.17) is 37.0 Å². The Bertz CT molecular complexity index is 1590. The van der Waals surface area contributed by atoms with Gasteiger partial charge >= 0.3 is 39.5 Å². The molecule has 76 heavy (non-hydrogen) atoms. The second kappa shape index (κ2) is 50.7. The third-order valence-electron chi connectivity index (χ3n) is 12.4. The zero-order chi connectivity index (χ0) is 56.4. The van der Waals surface area contributed by atoms with Crippen molar-refractivity contribution in [2.45, 2.75) is 271 Å². The summed E-state index contributed by atoms with van der Waals surface area (Å²) in [5.41, 5.74) is 0. The lowest BCUT2D eigenvalue weighted by atomic mass is 10.0. The highest BCUT2D eigenvalue weighted by molar-refractivity contribution is 7.47. The molecule has 0 aromatic carbocycles. The smallest absolute Gasteiger partial charge is 0.462 e. The topological polar surface area (TPSA) is 237 Å².